The molecule has 0 bridgehead atoms. The van der Waals surface area contributed by atoms with Crippen LogP contribution in [0.5, 0.6) is 0 Å². The smallest absolute Gasteiger partial charge is 0.211 e. The summed E-state index contributed by atoms with van der Waals surface area (Å²) in [7, 11) is 0. The third-order valence-electron chi connectivity index (χ3n) is 2.65. The van der Waals surface area contributed by atoms with Gasteiger partial charge in [-0.2, -0.15) is 0 Å². The quantitative estimate of drug-likeness (QED) is 0.335. The van der Waals surface area contributed by atoms with Crippen molar-refractivity contribution in [3.8, 4) is 0 Å². The molecular weight excluding hydrogens is 234 g/mol. The Kier molecular flexibility index (Phi) is 10.4. The Morgan fingerprint density at radius 1 is 1.00 bits per heavy atom. The Morgan fingerprint density at radius 2 is 1.72 bits per heavy atom. The van der Waals surface area contributed by atoms with Gasteiger partial charge in [-0.3, -0.25) is 0 Å². The van der Waals surface area contributed by atoms with Gasteiger partial charge in [0.15, 0.2) is 0 Å². The molecule has 0 saturated carbocycles. The van der Waals surface area contributed by atoms with Gasteiger partial charge in [0.05, 0.1) is 19.1 Å². The van der Waals surface area contributed by atoms with Crippen LogP contribution in [0.2, 0.25) is 0 Å². The van der Waals surface area contributed by atoms with Gasteiger partial charge in [0.2, 0.25) is 18.2 Å². The molecule has 2 unspecified atom stereocenters. The molecule has 0 spiro atoms. The number of isocyanates is 3. The van der Waals surface area contributed by atoms with E-state index in [1.165, 1.54) is 12.2 Å². The Morgan fingerprint density at radius 3 is 2.28 bits per heavy atom. The third-order valence-corrected chi connectivity index (χ3v) is 2.65. The second-order valence-electron chi connectivity index (χ2n) is 3.88. The first-order valence-electron chi connectivity index (χ1n) is 5.94. The topological polar surface area (TPSA) is 88.3 Å². The minimum atomic E-state index is -0.190. The zero-order valence-corrected chi connectivity index (χ0v) is 10.5. The van der Waals surface area contributed by atoms with E-state index in [0.29, 0.717) is 19.4 Å². The maximum atomic E-state index is 10.4. The highest BCUT2D eigenvalue weighted by molar-refractivity contribution is 5.34. The summed E-state index contributed by atoms with van der Waals surface area (Å²) in [5.41, 5.74) is 0. The van der Waals surface area contributed by atoms with Gasteiger partial charge in [-0.25, -0.2) is 29.4 Å². The minimum Gasteiger partial charge on any atom is -0.211 e. The van der Waals surface area contributed by atoms with Crippen molar-refractivity contribution in [2.45, 2.75) is 38.6 Å². The summed E-state index contributed by atoms with van der Waals surface area (Å²) in [6.45, 7) is 2.66. The summed E-state index contributed by atoms with van der Waals surface area (Å²) in [4.78, 5) is 41.2. The zero-order chi connectivity index (χ0) is 13.6. The van der Waals surface area contributed by atoms with E-state index in [-0.39, 0.29) is 18.5 Å². The van der Waals surface area contributed by atoms with Gasteiger partial charge in [0.1, 0.15) is 0 Å². The fraction of sp³-hybridized carbons (Fsp3) is 0.750. The van der Waals surface area contributed by atoms with Gasteiger partial charge in [0, 0.05) is 5.92 Å². The molecule has 0 amide bonds. The summed E-state index contributed by atoms with van der Waals surface area (Å²) >= 11 is 0. The third kappa shape index (κ3) is 7.42. The van der Waals surface area contributed by atoms with Crippen LogP contribution in [0.25, 0.3) is 0 Å². The lowest BCUT2D eigenvalue weighted by Crippen LogP contribution is -2.22. The molecule has 0 aliphatic rings. The number of aliphatic imine (C=N–C) groups is 3. The van der Waals surface area contributed by atoms with E-state index < -0.39 is 0 Å². The molecule has 0 saturated heterocycles. The van der Waals surface area contributed by atoms with Crippen LogP contribution in [0.4, 0.5) is 0 Å². The van der Waals surface area contributed by atoms with Gasteiger partial charge in [-0.05, 0) is 19.3 Å². The van der Waals surface area contributed by atoms with Crippen molar-refractivity contribution in [2.75, 3.05) is 13.1 Å². The molecule has 0 aromatic rings. The van der Waals surface area contributed by atoms with Crippen LogP contribution >= 0.6 is 0 Å². The molecule has 0 radical (unpaired) electrons. The van der Waals surface area contributed by atoms with Crippen molar-refractivity contribution in [1.29, 1.82) is 0 Å². The number of rotatable bonds is 10. The molecule has 0 N–H and O–H groups in total. The van der Waals surface area contributed by atoms with Crippen LogP contribution in [0.15, 0.2) is 15.0 Å². The fourth-order valence-corrected chi connectivity index (χ4v) is 1.81. The summed E-state index contributed by atoms with van der Waals surface area (Å²) in [5, 5.41) is 0. The Balaban J connectivity index is 4.53. The van der Waals surface area contributed by atoms with Crippen molar-refractivity contribution in [2.24, 2.45) is 20.9 Å². The average Bonchev–Trinajstić information content (AvgIpc) is 2.38. The van der Waals surface area contributed by atoms with Crippen molar-refractivity contribution in [3.63, 3.8) is 0 Å². The molecule has 0 aromatic heterocycles. The van der Waals surface area contributed by atoms with Gasteiger partial charge in [-0.1, -0.05) is 13.3 Å². The lowest BCUT2D eigenvalue weighted by molar-refractivity contribution is 0.375. The number of hydrogen-bond donors (Lipinski definition) is 0. The number of carbonyl (C=O) groups excluding carboxylic acids is 3. The van der Waals surface area contributed by atoms with E-state index in [1.807, 2.05) is 6.92 Å². The summed E-state index contributed by atoms with van der Waals surface area (Å²) < 4.78 is 0. The summed E-state index contributed by atoms with van der Waals surface area (Å²) in [6, 6.07) is -0.190. The molecule has 6 nitrogen and oxygen atoms in total. The largest absolute Gasteiger partial charge is 0.235 e. The highest BCUT2D eigenvalue weighted by Gasteiger charge is 2.19. The van der Waals surface area contributed by atoms with E-state index >= 15 is 0 Å². The fourth-order valence-electron chi connectivity index (χ4n) is 1.81. The second kappa shape index (κ2) is 11.6. The van der Waals surface area contributed by atoms with Gasteiger partial charge < -0.3 is 0 Å². The van der Waals surface area contributed by atoms with Crippen molar-refractivity contribution in [3.05, 3.63) is 0 Å². The average molecular weight is 251 g/mol. The lowest BCUT2D eigenvalue weighted by Gasteiger charge is -2.19. The predicted octanol–water partition coefficient (Wildman–Crippen LogP) is 1.56. The predicted molar refractivity (Wildman–Crippen MR) is 65.5 cm³/mol. The van der Waals surface area contributed by atoms with Crippen LogP contribution in [-0.2, 0) is 14.4 Å². The molecule has 0 aliphatic carbocycles. The number of nitrogens with zero attached hydrogens (tertiary/aromatic N) is 3. The Labute approximate surface area is 106 Å². The van der Waals surface area contributed by atoms with Gasteiger partial charge in [-0.15, -0.1) is 0 Å². The summed E-state index contributed by atoms with van der Waals surface area (Å²) in [6.07, 6.45) is 7.49. The molecule has 0 aliphatic heterocycles. The SMILES string of the molecule is CCCC(N=C=O)C(CCCN=C=O)CN=C=O. The highest BCUT2D eigenvalue weighted by atomic mass is 16.1. The molecular formula is C12H17N3O3. The van der Waals surface area contributed by atoms with Gasteiger partial charge >= 0.3 is 0 Å². The van der Waals surface area contributed by atoms with Crippen molar-refractivity contribution in [1.82, 2.24) is 0 Å². The maximum absolute atomic E-state index is 10.4. The maximum Gasteiger partial charge on any atom is 0.235 e. The Hall–Kier alpha value is -1.86. The number of hydrogen-bond acceptors (Lipinski definition) is 6. The highest BCUT2D eigenvalue weighted by Crippen LogP contribution is 2.19. The molecule has 2 atom stereocenters. The minimum absolute atomic E-state index is 0.0188. The van der Waals surface area contributed by atoms with E-state index in [2.05, 4.69) is 15.0 Å². The molecule has 0 heterocycles. The zero-order valence-electron chi connectivity index (χ0n) is 10.5. The first-order valence-corrected chi connectivity index (χ1v) is 5.94. The van der Waals surface area contributed by atoms with Crippen LogP contribution in [0.1, 0.15) is 32.6 Å². The molecule has 6 heteroatoms. The van der Waals surface area contributed by atoms with Gasteiger partial charge in [0.25, 0.3) is 0 Å². The Bertz CT molecular complexity index is 365. The van der Waals surface area contributed by atoms with Crippen LogP contribution in [0.3, 0.4) is 0 Å². The monoisotopic (exact) mass is 251 g/mol. The van der Waals surface area contributed by atoms with Crippen molar-refractivity contribution >= 4 is 18.2 Å². The molecule has 18 heavy (non-hydrogen) atoms. The molecule has 0 fully saturated rings. The van der Waals surface area contributed by atoms with Crippen LogP contribution < -0.4 is 0 Å². The van der Waals surface area contributed by atoms with Crippen LogP contribution in [-0.4, -0.2) is 37.4 Å². The first kappa shape index (κ1) is 16.1. The van der Waals surface area contributed by atoms with Crippen LogP contribution in [0, 0.1) is 5.92 Å². The van der Waals surface area contributed by atoms with E-state index in [1.54, 1.807) is 6.08 Å². The van der Waals surface area contributed by atoms with E-state index in [9.17, 15) is 14.4 Å². The van der Waals surface area contributed by atoms with E-state index in [0.717, 1.165) is 12.8 Å². The lowest BCUT2D eigenvalue weighted by atomic mass is 9.92. The van der Waals surface area contributed by atoms with Crippen molar-refractivity contribution < 1.29 is 14.4 Å². The summed E-state index contributed by atoms with van der Waals surface area (Å²) in [5.74, 6) is -0.0188. The molecule has 0 aromatic carbocycles. The molecule has 98 valence electrons. The molecule has 0 rings (SSSR count). The standard InChI is InChI=1S/C12H17N3O3/c1-2-4-12(15-10-18)11(7-14-9-17)5-3-6-13-8-16/h11-12H,2-7H2,1H3. The normalized spacial score (nSPS) is 12.5. The first-order chi connectivity index (χ1) is 8.79. The second-order valence-corrected chi connectivity index (χ2v) is 3.88. The van der Waals surface area contributed by atoms with E-state index in [4.69, 9.17) is 0 Å².